The predicted molar refractivity (Wildman–Crippen MR) is 120 cm³/mol. The van der Waals surface area contributed by atoms with Crippen molar-refractivity contribution in [2.24, 2.45) is 0 Å². The lowest BCUT2D eigenvalue weighted by molar-refractivity contribution is -0.151. The highest BCUT2D eigenvalue weighted by molar-refractivity contribution is 7.54. The van der Waals surface area contributed by atoms with Gasteiger partial charge >= 0.3 is 19.8 Å². The Morgan fingerprint density at radius 1 is 0.970 bits per heavy atom. The number of carbonyl (C=O) groups excluding carboxylic acids is 2. The summed E-state index contributed by atoms with van der Waals surface area (Å²) in [7, 11) is -3.96. The second kappa shape index (κ2) is 11.4. The molecular formula is C21H40NO10P. The van der Waals surface area contributed by atoms with E-state index in [-0.39, 0.29) is 19.8 Å². The maximum atomic E-state index is 13.7. The Labute approximate surface area is 196 Å². The van der Waals surface area contributed by atoms with Gasteiger partial charge in [-0.1, -0.05) is 0 Å². The van der Waals surface area contributed by atoms with Crippen LogP contribution in [0.15, 0.2) is 0 Å². The highest BCUT2D eigenvalue weighted by atomic mass is 31.2. The maximum absolute atomic E-state index is 13.7. The fourth-order valence-electron chi connectivity index (χ4n) is 3.02. The van der Waals surface area contributed by atoms with Gasteiger partial charge in [0.15, 0.2) is 11.6 Å². The second-order valence-electron chi connectivity index (χ2n) is 9.88. The van der Waals surface area contributed by atoms with Crippen LogP contribution in [0.2, 0.25) is 0 Å². The molecule has 0 radical (unpaired) electrons. The average Bonchev–Trinajstić information content (AvgIpc) is 2.89. The van der Waals surface area contributed by atoms with Crippen LogP contribution in [-0.4, -0.2) is 67.0 Å². The minimum Gasteiger partial charge on any atom is -0.444 e. The molecule has 1 rings (SSSR count). The van der Waals surface area contributed by atoms with Crippen LogP contribution >= 0.6 is 7.60 Å². The van der Waals surface area contributed by atoms with E-state index in [0.29, 0.717) is 0 Å². The van der Waals surface area contributed by atoms with Crippen molar-refractivity contribution < 1.29 is 46.9 Å². The number of hydrogen-bond acceptors (Lipinski definition) is 10. The summed E-state index contributed by atoms with van der Waals surface area (Å²) in [6.07, 6.45) is -3.71. The van der Waals surface area contributed by atoms with Crippen LogP contribution in [0.1, 0.15) is 69.2 Å². The summed E-state index contributed by atoms with van der Waals surface area (Å²) in [5, 5.41) is 2.57. The zero-order valence-electron chi connectivity index (χ0n) is 21.4. The summed E-state index contributed by atoms with van der Waals surface area (Å²) in [5.74, 6) is -2.44. The van der Waals surface area contributed by atoms with E-state index in [1.54, 1.807) is 69.2 Å². The van der Waals surface area contributed by atoms with Crippen molar-refractivity contribution in [3.8, 4) is 0 Å². The minimum absolute atomic E-state index is 0.0554. The molecule has 33 heavy (non-hydrogen) atoms. The van der Waals surface area contributed by atoms with E-state index in [1.807, 2.05) is 0 Å². The lowest BCUT2D eigenvalue weighted by atomic mass is 10.2. The van der Waals surface area contributed by atoms with E-state index >= 15 is 0 Å². The van der Waals surface area contributed by atoms with Gasteiger partial charge in [0.05, 0.1) is 13.2 Å². The Morgan fingerprint density at radius 2 is 1.48 bits per heavy atom. The van der Waals surface area contributed by atoms with Crippen molar-refractivity contribution in [1.29, 1.82) is 0 Å². The second-order valence-corrected chi connectivity index (χ2v) is 12.0. The molecule has 0 aromatic heterocycles. The number of nitrogens with one attached hydrogen (secondary N) is 1. The number of ether oxygens (including phenoxy) is 5. The van der Waals surface area contributed by atoms with Crippen LogP contribution in [0.4, 0.5) is 9.59 Å². The van der Waals surface area contributed by atoms with Gasteiger partial charge in [-0.05, 0) is 69.2 Å². The molecule has 0 aromatic carbocycles. The lowest BCUT2D eigenvalue weighted by Gasteiger charge is -2.33. The smallest absolute Gasteiger partial charge is 0.444 e. The van der Waals surface area contributed by atoms with E-state index in [4.69, 9.17) is 32.7 Å². The molecule has 12 heteroatoms. The number of amides is 1. The first-order valence-electron chi connectivity index (χ1n) is 11.0. The van der Waals surface area contributed by atoms with Gasteiger partial charge in [0.2, 0.25) is 0 Å². The SMILES string of the molecule is CCOP(=O)(OCC)[C@H](NC(=O)OC(C)(C)C)[C@@H]1OC(C)(C)O[C@H]1COC(=O)OC(C)(C)C. The zero-order valence-corrected chi connectivity index (χ0v) is 22.3. The standard InChI is InChI=1S/C21H40NO10P/c1-11-27-33(25,28-12-2)16(22-17(23)31-19(3,4)5)15-14(29-21(9,10)30-15)13-26-18(24)32-20(6,7)8/h14-16H,11-13H2,1-10H3,(H,22,23)/t14-,15+,16-/m0/s1. The predicted octanol–water partition coefficient (Wildman–Crippen LogP) is 4.58. The maximum Gasteiger partial charge on any atom is 0.508 e. The Morgan fingerprint density at radius 3 is 1.94 bits per heavy atom. The molecule has 0 aromatic rings. The van der Waals surface area contributed by atoms with Gasteiger partial charge < -0.3 is 38.0 Å². The van der Waals surface area contributed by atoms with Crippen LogP contribution in [0.25, 0.3) is 0 Å². The first-order chi connectivity index (χ1) is 14.9. The quantitative estimate of drug-likeness (QED) is 0.357. The molecule has 1 amide bonds. The normalized spacial score (nSPS) is 21.9. The highest BCUT2D eigenvalue weighted by Crippen LogP contribution is 2.55. The van der Waals surface area contributed by atoms with Crippen molar-refractivity contribution >= 4 is 19.8 Å². The molecule has 11 nitrogen and oxygen atoms in total. The van der Waals surface area contributed by atoms with Crippen LogP contribution in [-0.2, 0) is 37.3 Å². The first kappa shape index (κ1) is 29.6. The fourth-order valence-corrected chi connectivity index (χ4v) is 5.01. The monoisotopic (exact) mass is 497 g/mol. The van der Waals surface area contributed by atoms with E-state index in [9.17, 15) is 14.2 Å². The van der Waals surface area contributed by atoms with Gasteiger partial charge in [-0.2, -0.15) is 0 Å². The largest absolute Gasteiger partial charge is 0.508 e. The van der Waals surface area contributed by atoms with E-state index in [1.165, 1.54) is 0 Å². The van der Waals surface area contributed by atoms with E-state index < -0.39 is 54.8 Å². The van der Waals surface area contributed by atoms with Gasteiger partial charge in [0, 0.05) is 0 Å². The van der Waals surface area contributed by atoms with E-state index in [2.05, 4.69) is 5.32 Å². The summed E-state index contributed by atoms with van der Waals surface area (Å²) < 4.78 is 52.2. The molecular weight excluding hydrogens is 457 g/mol. The molecule has 1 aliphatic rings. The summed E-state index contributed by atoms with van der Waals surface area (Å²) in [5.41, 5.74) is -1.55. The first-order valence-corrected chi connectivity index (χ1v) is 12.6. The Hall–Kier alpha value is -1.39. The van der Waals surface area contributed by atoms with Crippen LogP contribution in [0.5, 0.6) is 0 Å². The molecule has 3 atom stereocenters. The minimum atomic E-state index is -3.96. The van der Waals surface area contributed by atoms with Gasteiger partial charge in [0.1, 0.15) is 30.0 Å². The molecule has 1 fully saturated rings. The molecule has 0 spiro atoms. The molecule has 194 valence electrons. The van der Waals surface area contributed by atoms with Crippen LogP contribution in [0.3, 0.4) is 0 Å². The molecule has 0 unspecified atom stereocenters. The number of hydrogen-bond donors (Lipinski definition) is 1. The third kappa shape index (κ3) is 10.2. The Balaban J connectivity index is 3.23. The summed E-state index contributed by atoms with van der Waals surface area (Å²) in [6.45, 7) is 16.6. The highest BCUT2D eigenvalue weighted by Gasteiger charge is 2.54. The van der Waals surface area contributed by atoms with Crippen molar-refractivity contribution in [3.63, 3.8) is 0 Å². The van der Waals surface area contributed by atoms with Crippen molar-refractivity contribution in [2.75, 3.05) is 19.8 Å². The van der Waals surface area contributed by atoms with Gasteiger partial charge in [-0.3, -0.25) is 4.57 Å². The Kier molecular flexibility index (Phi) is 10.2. The molecule has 1 heterocycles. The summed E-state index contributed by atoms with van der Waals surface area (Å²) in [6, 6.07) is 0. The van der Waals surface area contributed by atoms with Crippen LogP contribution < -0.4 is 5.32 Å². The van der Waals surface area contributed by atoms with E-state index in [0.717, 1.165) is 0 Å². The lowest BCUT2D eigenvalue weighted by Crippen LogP contribution is -2.50. The molecule has 1 saturated heterocycles. The number of alkyl carbamates (subject to hydrolysis) is 1. The average molecular weight is 498 g/mol. The van der Waals surface area contributed by atoms with Crippen LogP contribution in [0, 0.1) is 0 Å². The summed E-state index contributed by atoms with van der Waals surface area (Å²) >= 11 is 0. The fraction of sp³-hybridized carbons (Fsp3) is 0.905. The van der Waals surface area contributed by atoms with Crippen molar-refractivity contribution in [1.82, 2.24) is 5.32 Å². The molecule has 0 aliphatic carbocycles. The van der Waals surface area contributed by atoms with Gasteiger partial charge in [0.25, 0.3) is 0 Å². The molecule has 0 saturated carbocycles. The third-order valence-electron chi connectivity index (χ3n) is 3.91. The van der Waals surface area contributed by atoms with Gasteiger partial charge in [-0.15, -0.1) is 0 Å². The molecule has 0 bridgehead atoms. The number of carbonyl (C=O) groups is 2. The zero-order chi connectivity index (χ0) is 25.7. The van der Waals surface area contributed by atoms with Crippen molar-refractivity contribution in [3.05, 3.63) is 0 Å². The topological polar surface area (TPSA) is 128 Å². The third-order valence-corrected chi connectivity index (χ3v) is 6.25. The molecule has 1 N–H and O–H groups in total. The number of rotatable bonds is 9. The molecule has 1 aliphatic heterocycles. The van der Waals surface area contributed by atoms with Crippen molar-refractivity contribution in [2.45, 2.75) is 104 Å². The van der Waals surface area contributed by atoms with Gasteiger partial charge in [-0.25, -0.2) is 9.59 Å². The summed E-state index contributed by atoms with van der Waals surface area (Å²) in [4.78, 5) is 24.7. The Bertz CT molecular complexity index is 703.